The van der Waals surface area contributed by atoms with Crippen LogP contribution in [0.2, 0.25) is 0 Å². The van der Waals surface area contributed by atoms with Crippen LogP contribution in [-0.4, -0.2) is 54.8 Å². The number of aromatic nitrogens is 3. The molecule has 2 aromatic heterocycles. The van der Waals surface area contributed by atoms with Crippen LogP contribution in [0.3, 0.4) is 0 Å². The zero-order valence-electron chi connectivity index (χ0n) is 19.6. The lowest BCUT2D eigenvalue weighted by Crippen LogP contribution is -2.48. The first-order valence-electron chi connectivity index (χ1n) is 11.1. The molecule has 0 spiro atoms. The summed E-state index contributed by atoms with van der Waals surface area (Å²) in [6, 6.07) is 9.21. The number of amides is 2. The molecule has 0 atom stereocenters. The number of rotatable bonds is 10. The fourth-order valence-corrected chi connectivity index (χ4v) is 3.73. The Kier molecular flexibility index (Phi) is 7.38. The van der Waals surface area contributed by atoms with Gasteiger partial charge in [-0.05, 0) is 24.6 Å². The van der Waals surface area contributed by atoms with Crippen LogP contribution in [0, 0.1) is 0 Å². The van der Waals surface area contributed by atoms with Crippen molar-refractivity contribution in [2.24, 2.45) is 0 Å². The van der Waals surface area contributed by atoms with Crippen molar-refractivity contribution in [1.82, 2.24) is 20.3 Å². The Morgan fingerprint density at radius 3 is 2.47 bits per heavy atom. The van der Waals surface area contributed by atoms with Gasteiger partial charge in [0.05, 0.1) is 26.5 Å². The van der Waals surface area contributed by atoms with Crippen LogP contribution in [0.1, 0.15) is 18.1 Å². The number of nitrogens with one attached hydrogen (secondary N) is 2. The van der Waals surface area contributed by atoms with Crippen molar-refractivity contribution in [3.8, 4) is 11.5 Å². The molecule has 1 aliphatic rings. The normalized spacial score (nSPS) is 13.0. The van der Waals surface area contributed by atoms with E-state index >= 15 is 0 Å². The second-order valence-corrected chi connectivity index (χ2v) is 7.69. The number of hydrogen-bond acceptors (Lipinski definition) is 8. The molecule has 4 rings (SSSR count). The van der Waals surface area contributed by atoms with E-state index in [9.17, 15) is 4.79 Å². The highest BCUT2D eigenvalue weighted by Gasteiger charge is 2.32. The Hall–Kier alpha value is -3.92. The van der Waals surface area contributed by atoms with Crippen LogP contribution < -0.4 is 29.9 Å². The number of carbonyl (C=O) groups excluding carboxylic acids is 1. The molecule has 10 nitrogen and oxygen atoms in total. The molecular formula is C24H29N7O3. The van der Waals surface area contributed by atoms with Gasteiger partial charge in [-0.15, -0.1) is 0 Å². The highest BCUT2D eigenvalue weighted by Crippen LogP contribution is 2.34. The molecule has 0 aliphatic carbocycles. The highest BCUT2D eigenvalue weighted by molar-refractivity contribution is 6.05. The van der Waals surface area contributed by atoms with Crippen LogP contribution in [0.25, 0.3) is 0 Å². The predicted octanol–water partition coefficient (Wildman–Crippen LogP) is 3.06. The van der Waals surface area contributed by atoms with Crippen LogP contribution in [0.5, 0.6) is 11.5 Å². The standard InChI is InChI=1S/C24H29N7O3/c1-4-30-22-18(16-31(24(30)32)19-11-20(33-2)13-21(12-19)34-3)15-28-23(29-22)27-10-9-26-14-17-5-7-25-8-6-17/h5-8,11-13,15,26H,4,9-10,14,16H2,1-3H3,(H,27,28,29). The lowest BCUT2D eigenvalue weighted by molar-refractivity contribution is 0.250. The maximum Gasteiger partial charge on any atom is 0.330 e. The molecule has 3 aromatic rings. The average molecular weight is 464 g/mol. The fourth-order valence-electron chi connectivity index (χ4n) is 3.73. The maximum atomic E-state index is 13.3. The minimum atomic E-state index is -0.158. The van der Waals surface area contributed by atoms with Crippen LogP contribution in [-0.2, 0) is 13.1 Å². The minimum absolute atomic E-state index is 0.158. The van der Waals surface area contributed by atoms with Crippen molar-refractivity contribution in [2.75, 3.05) is 49.0 Å². The van der Waals surface area contributed by atoms with Crippen molar-refractivity contribution in [3.63, 3.8) is 0 Å². The van der Waals surface area contributed by atoms with Gasteiger partial charge in [-0.1, -0.05) is 0 Å². The summed E-state index contributed by atoms with van der Waals surface area (Å²) in [7, 11) is 3.17. The van der Waals surface area contributed by atoms with Crippen molar-refractivity contribution in [3.05, 3.63) is 60.0 Å². The minimum Gasteiger partial charge on any atom is -0.497 e. The molecule has 0 saturated carbocycles. The topological polar surface area (TPSA) is 105 Å². The number of nitrogens with zero attached hydrogens (tertiary/aromatic N) is 5. The summed E-state index contributed by atoms with van der Waals surface area (Å²) < 4.78 is 10.7. The van der Waals surface area contributed by atoms with E-state index in [0.717, 1.165) is 18.7 Å². The van der Waals surface area contributed by atoms with Gasteiger partial charge in [-0.2, -0.15) is 4.98 Å². The van der Waals surface area contributed by atoms with E-state index < -0.39 is 0 Å². The first kappa shape index (κ1) is 23.2. The van der Waals surface area contributed by atoms with E-state index in [1.54, 1.807) is 48.7 Å². The van der Waals surface area contributed by atoms with E-state index in [4.69, 9.17) is 9.47 Å². The summed E-state index contributed by atoms with van der Waals surface area (Å²) in [6.07, 6.45) is 5.33. The third-order valence-electron chi connectivity index (χ3n) is 5.52. The van der Waals surface area contributed by atoms with E-state index in [2.05, 4.69) is 25.6 Å². The fraction of sp³-hybridized carbons (Fsp3) is 0.333. The Bertz CT molecular complexity index is 1100. The van der Waals surface area contributed by atoms with Crippen molar-refractivity contribution in [2.45, 2.75) is 20.0 Å². The Morgan fingerprint density at radius 2 is 1.79 bits per heavy atom. The molecule has 2 amide bonds. The maximum absolute atomic E-state index is 13.3. The van der Waals surface area contributed by atoms with E-state index in [-0.39, 0.29) is 6.03 Å². The van der Waals surface area contributed by atoms with Crippen LogP contribution in [0.15, 0.2) is 48.9 Å². The Labute approximate surface area is 198 Å². The van der Waals surface area contributed by atoms with Gasteiger partial charge in [0.15, 0.2) is 0 Å². The third kappa shape index (κ3) is 5.18. The monoisotopic (exact) mass is 463 g/mol. The quantitative estimate of drug-likeness (QED) is 0.442. The van der Waals surface area contributed by atoms with E-state index in [0.29, 0.717) is 48.6 Å². The molecule has 0 unspecified atom stereocenters. The summed E-state index contributed by atoms with van der Waals surface area (Å²) in [5.41, 5.74) is 2.73. The first-order valence-corrected chi connectivity index (χ1v) is 11.1. The molecule has 10 heteroatoms. The van der Waals surface area contributed by atoms with Gasteiger partial charge in [0, 0.05) is 68.5 Å². The van der Waals surface area contributed by atoms with Crippen LogP contribution in [0.4, 0.5) is 22.2 Å². The SMILES string of the molecule is CCN1C(=O)N(c2cc(OC)cc(OC)c2)Cc2cnc(NCCNCc3ccncc3)nc21. The van der Waals surface area contributed by atoms with Gasteiger partial charge in [-0.25, -0.2) is 9.78 Å². The third-order valence-corrected chi connectivity index (χ3v) is 5.52. The van der Waals surface area contributed by atoms with Crippen molar-refractivity contribution < 1.29 is 14.3 Å². The van der Waals surface area contributed by atoms with E-state index in [1.807, 2.05) is 31.2 Å². The Balaban J connectivity index is 1.44. The Morgan fingerprint density at radius 1 is 1.06 bits per heavy atom. The van der Waals surface area contributed by atoms with Crippen molar-refractivity contribution in [1.29, 1.82) is 0 Å². The number of urea groups is 1. The largest absolute Gasteiger partial charge is 0.497 e. The van der Waals surface area contributed by atoms with Gasteiger partial charge in [0.25, 0.3) is 0 Å². The molecule has 3 heterocycles. The molecule has 34 heavy (non-hydrogen) atoms. The molecule has 1 aliphatic heterocycles. The lowest BCUT2D eigenvalue weighted by Gasteiger charge is -2.35. The van der Waals surface area contributed by atoms with E-state index in [1.165, 1.54) is 5.56 Å². The molecule has 2 N–H and O–H groups in total. The smallest absolute Gasteiger partial charge is 0.330 e. The molecule has 1 aromatic carbocycles. The number of methoxy groups -OCH3 is 2. The molecule has 0 saturated heterocycles. The van der Waals surface area contributed by atoms with Gasteiger partial charge in [0.1, 0.15) is 17.3 Å². The summed E-state index contributed by atoms with van der Waals surface area (Å²) in [5.74, 6) is 2.35. The van der Waals surface area contributed by atoms with Gasteiger partial charge < -0.3 is 20.1 Å². The number of carbonyl (C=O) groups is 1. The molecular weight excluding hydrogens is 434 g/mol. The van der Waals surface area contributed by atoms with Crippen LogP contribution >= 0.6 is 0 Å². The molecule has 0 bridgehead atoms. The first-order chi connectivity index (χ1) is 16.6. The number of fused-ring (bicyclic) bond motifs is 1. The molecule has 178 valence electrons. The predicted molar refractivity (Wildman–Crippen MR) is 131 cm³/mol. The number of benzene rings is 1. The van der Waals surface area contributed by atoms with Gasteiger partial charge in [0.2, 0.25) is 5.95 Å². The number of pyridine rings is 1. The average Bonchev–Trinajstić information content (AvgIpc) is 2.88. The number of hydrogen-bond donors (Lipinski definition) is 2. The highest BCUT2D eigenvalue weighted by atomic mass is 16.5. The zero-order chi connectivity index (χ0) is 23.9. The lowest BCUT2D eigenvalue weighted by atomic mass is 10.1. The zero-order valence-corrected chi connectivity index (χ0v) is 19.6. The second kappa shape index (κ2) is 10.8. The van der Waals surface area contributed by atoms with Gasteiger partial charge in [-0.3, -0.25) is 14.8 Å². The van der Waals surface area contributed by atoms with Crippen molar-refractivity contribution >= 4 is 23.5 Å². The summed E-state index contributed by atoms with van der Waals surface area (Å²) in [5, 5.41) is 6.60. The molecule has 0 radical (unpaired) electrons. The van der Waals surface area contributed by atoms with Gasteiger partial charge >= 0.3 is 6.03 Å². The summed E-state index contributed by atoms with van der Waals surface area (Å²) >= 11 is 0. The number of ether oxygens (including phenoxy) is 2. The number of anilines is 3. The summed E-state index contributed by atoms with van der Waals surface area (Å²) in [4.78, 5) is 29.8. The molecule has 0 fully saturated rings. The summed E-state index contributed by atoms with van der Waals surface area (Å²) in [6.45, 7) is 4.92. The second-order valence-electron chi connectivity index (χ2n) is 7.69.